The molecule has 0 saturated carbocycles. The zero-order chi connectivity index (χ0) is 13.5. The van der Waals surface area contributed by atoms with Crippen molar-refractivity contribution in [3.63, 3.8) is 0 Å². The van der Waals surface area contributed by atoms with Crippen LogP contribution in [-0.2, 0) is 9.84 Å². The smallest absolute Gasteiger partial charge is 0.200 e. The first-order valence-corrected chi connectivity index (χ1v) is 8.01. The number of sulfone groups is 1. The Morgan fingerprint density at radius 1 is 1.26 bits per heavy atom. The van der Waals surface area contributed by atoms with Gasteiger partial charge in [0.1, 0.15) is 15.7 Å². The summed E-state index contributed by atoms with van der Waals surface area (Å²) in [5.41, 5.74) is 0.725. The summed E-state index contributed by atoms with van der Waals surface area (Å²) in [6, 6.07) is 5.57. The van der Waals surface area contributed by atoms with Crippen LogP contribution in [0.2, 0.25) is 0 Å². The number of methoxy groups -OCH3 is 1. The van der Waals surface area contributed by atoms with Gasteiger partial charge in [-0.15, -0.1) is 10.2 Å². The second kappa shape index (κ2) is 4.48. The van der Waals surface area contributed by atoms with Crippen molar-refractivity contribution >= 4 is 15.5 Å². The number of nitrogens with zero attached hydrogens (tertiary/aromatic N) is 3. The molecule has 7 heteroatoms. The van der Waals surface area contributed by atoms with E-state index in [0.29, 0.717) is 18.7 Å². The molecule has 0 aliphatic carbocycles. The third kappa shape index (κ3) is 2.18. The lowest BCUT2D eigenvalue weighted by molar-refractivity contribution is 0.387. The van der Waals surface area contributed by atoms with Gasteiger partial charge in [0, 0.05) is 5.92 Å². The molecule has 1 aliphatic heterocycles. The van der Waals surface area contributed by atoms with E-state index in [9.17, 15) is 8.42 Å². The quantitative estimate of drug-likeness (QED) is 0.822. The second-order valence-corrected chi connectivity index (χ2v) is 7.05. The molecule has 0 atom stereocenters. The predicted molar refractivity (Wildman–Crippen MR) is 70.2 cm³/mol. The molecule has 19 heavy (non-hydrogen) atoms. The van der Waals surface area contributed by atoms with Gasteiger partial charge in [0.25, 0.3) is 0 Å². The van der Waals surface area contributed by atoms with Gasteiger partial charge in [-0.05, 0) is 25.0 Å². The third-order valence-electron chi connectivity index (χ3n) is 3.55. The molecule has 0 aromatic carbocycles. The van der Waals surface area contributed by atoms with E-state index in [1.54, 1.807) is 7.11 Å². The van der Waals surface area contributed by atoms with Crippen LogP contribution in [0.3, 0.4) is 0 Å². The van der Waals surface area contributed by atoms with Crippen molar-refractivity contribution in [2.24, 2.45) is 0 Å². The first-order valence-electron chi connectivity index (χ1n) is 6.19. The number of rotatable bonds is 2. The van der Waals surface area contributed by atoms with Gasteiger partial charge in [0.15, 0.2) is 5.65 Å². The van der Waals surface area contributed by atoms with Crippen LogP contribution < -0.4 is 4.74 Å². The molecular weight excluding hydrogens is 266 g/mol. The summed E-state index contributed by atoms with van der Waals surface area (Å²) < 4.78 is 30.2. The molecule has 1 fully saturated rings. The van der Waals surface area contributed by atoms with Gasteiger partial charge in [-0.1, -0.05) is 6.07 Å². The summed E-state index contributed by atoms with van der Waals surface area (Å²) in [6.07, 6.45) is 1.20. The van der Waals surface area contributed by atoms with Crippen molar-refractivity contribution in [1.29, 1.82) is 0 Å². The Labute approximate surface area is 111 Å². The van der Waals surface area contributed by atoms with Crippen molar-refractivity contribution in [2.75, 3.05) is 18.6 Å². The van der Waals surface area contributed by atoms with Crippen LogP contribution in [0.4, 0.5) is 0 Å². The first kappa shape index (κ1) is 12.4. The number of hydrogen-bond acceptors (Lipinski definition) is 5. The SMILES string of the molecule is COc1cccc2nnc(C3CCS(=O)(=O)CC3)n12. The maximum Gasteiger partial charge on any atom is 0.200 e. The molecule has 6 nitrogen and oxygen atoms in total. The standard InChI is InChI=1S/C12H15N3O3S/c1-18-11-4-2-3-10-13-14-12(15(10)11)9-5-7-19(16,17)8-6-9/h2-4,9H,5-8H2,1H3. The van der Waals surface area contributed by atoms with Crippen molar-refractivity contribution in [3.8, 4) is 5.88 Å². The van der Waals surface area contributed by atoms with E-state index >= 15 is 0 Å². The van der Waals surface area contributed by atoms with Crippen molar-refractivity contribution < 1.29 is 13.2 Å². The highest BCUT2D eigenvalue weighted by Crippen LogP contribution is 2.30. The Balaban J connectivity index is 2.02. The van der Waals surface area contributed by atoms with E-state index < -0.39 is 9.84 Å². The van der Waals surface area contributed by atoms with E-state index in [1.165, 1.54) is 0 Å². The van der Waals surface area contributed by atoms with Gasteiger partial charge >= 0.3 is 0 Å². The van der Waals surface area contributed by atoms with Crippen LogP contribution in [0.15, 0.2) is 18.2 Å². The normalized spacial score (nSPS) is 19.6. The molecule has 3 rings (SSSR count). The molecule has 1 aliphatic rings. The highest BCUT2D eigenvalue weighted by Gasteiger charge is 2.28. The topological polar surface area (TPSA) is 73.6 Å². The number of pyridine rings is 1. The van der Waals surface area contributed by atoms with Crippen LogP contribution in [-0.4, -0.2) is 41.6 Å². The van der Waals surface area contributed by atoms with Crippen LogP contribution in [0.5, 0.6) is 5.88 Å². The monoisotopic (exact) mass is 281 g/mol. The average Bonchev–Trinajstić information content (AvgIpc) is 2.82. The van der Waals surface area contributed by atoms with Gasteiger partial charge < -0.3 is 4.74 Å². The van der Waals surface area contributed by atoms with Crippen molar-refractivity contribution in [3.05, 3.63) is 24.0 Å². The van der Waals surface area contributed by atoms with E-state index in [2.05, 4.69) is 10.2 Å². The molecular formula is C12H15N3O3S. The minimum Gasteiger partial charge on any atom is -0.482 e. The van der Waals surface area contributed by atoms with Gasteiger partial charge in [-0.2, -0.15) is 0 Å². The summed E-state index contributed by atoms with van der Waals surface area (Å²) >= 11 is 0. The average molecular weight is 281 g/mol. The highest BCUT2D eigenvalue weighted by molar-refractivity contribution is 7.91. The summed E-state index contributed by atoms with van der Waals surface area (Å²) in [4.78, 5) is 0. The minimum atomic E-state index is -2.86. The Bertz CT molecular complexity index is 694. The first-order chi connectivity index (χ1) is 9.11. The zero-order valence-corrected chi connectivity index (χ0v) is 11.4. The third-order valence-corrected chi connectivity index (χ3v) is 5.26. The Kier molecular flexibility index (Phi) is 2.93. The Morgan fingerprint density at radius 2 is 2.00 bits per heavy atom. The molecule has 0 radical (unpaired) electrons. The van der Waals surface area contributed by atoms with Gasteiger partial charge in [0.2, 0.25) is 5.88 Å². The predicted octanol–water partition coefficient (Wildman–Crippen LogP) is 1.03. The van der Waals surface area contributed by atoms with Crippen molar-refractivity contribution in [1.82, 2.24) is 14.6 Å². The molecule has 0 unspecified atom stereocenters. The molecule has 102 valence electrons. The molecule has 2 aromatic rings. The second-order valence-electron chi connectivity index (χ2n) is 4.75. The largest absolute Gasteiger partial charge is 0.482 e. The molecule has 1 saturated heterocycles. The maximum absolute atomic E-state index is 11.5. The van der Waals surface area contributed by atoms with Gasteiger partial charge in [-0.3, -0.25) is 0 Å². The Hall–Kier alpha value is -1.63. The maximum atomic E-state index is 11.5. The van der Waals surface area contributed by atoms with E-state index in [-0.39, 0.29) is 17.4 Å². The molecule has 0 bridgehead atoms. The fourth-order valence-electron chi connectivity index (χ4n) is 2.51. The number of fused-ring (bicyclic) bond motifs is 1. The lowest BCUT2D eigenvalue weighted by atomic mass is 10.0. The molecule has 0 amide bonds. The molecule has 2 aromatic heterocycles. The number of hydrogen-bond donors (Lipinski definition) is 0. The summed E-state index contributed by atoms with van der Waals surface area (Å²) in [5, 5.41) is 8.34. The van der Waals surface area contributed by atoms with Crippen LogP contribution in [0, 0.1) is 0 Å². The number of ether oxygens (including phenoxy) is 1. The minimum absolute atomic E-state index is 0.120. The fourth-order valence-corrected chi connectivity index (χ4v) is 4.00. The molecule has 0 N–H and O–H groups in total. The van der Waals surface area contributed by atoms with E-state index in [4.69, 9.17) is 4.74 Å². The zero-order valence-electron chi connectivity index (χ0n) is 10.6. The van der Waals surface area contributed by atoms with Crippen LogP contribution in [0.25, 0.3) is 5.65 Å². The van der Waals surface area contributed by atoms with Gasteiger partial charge in [0.05, 0.1) is 18.6 Å². The highest BCUT2D eigenvalue weighted by atomic mass is 32.2. The Morgan fingerprint density at radius 3 is 2.68 bits per heavy atom. The van der Waals surface area contributed by atoms with Gasteiger partial charge in [-0.25, -0.2) is 12.8 Å². The summed E-state index contributed by atoms with van der Waals surface area (Å²) in [6.45, 7) is 0. The van der Waals surface area contributed by atoms with Crippen LogP contribution in [0.1, 0.15) is 24.6 Å². The number of aromatic nitrogens is 3. The van der Waals surface area contributed by atoms with Crippen molar-refractivity contribution in [2.45, 2.75) is 18.8 Å². The summed E-state index contributed by atoms with van der Waals surface area (Å²) in [5.74, 6) is 2.03. The molecule has 3 heterocycles. The lowest BCUT2D eigenvalue weighted by Gasteiger charge is -2.20. The summed E-state index contributed by atoms with van der Waals surface area (Å²) in [7, 11) is -1.26. The lowest BCUT2D eigenvalue weighted by Crippen LogP contribution is -2.23. The fraction of sp³-hybridized carbons (Fsp3) is 0.500. The van der Waals surface area contributed by atoms with E-state index in [1.807, 2.05) is 22.6 Å². The van der Waals surface area contributed by atoms with E-state index in [0.717, 1.165) is 11.5 Å². The van der Waals surface area contributed by atoms with Crippen LogP contribution >= 0.6 is 0 Å². The molecule has 0 spiro atoms.